The standard InChI is InChI=1S/C22H23N3O4/c1-14-9-7-8-12-17(14)20-18(13-25(24-20)16-10-5-4-6-11-16)21(27)23-19(15(2)26)22(28)29-3/h4-13,15,19,26H,1-3H3,(H,23,27)/t15-,19-/m0/s1. The number of para-hydroxylation sites is 1. The molecule has 0 fully saturated rings. The second-order valence-corrected chi connectivity index (χ2v) is 6.70. The number of methoxy groups -OCH3 is 1. The van der Waals surface area contributed by atoms with Crippen LogP contribution in [0.15, 0.2) is 60.8 Å². The van der Waals surface area contributed by atoms with Crippen molar-refractivity contribution >= 4 is 11.9 Å². The van der Waals surface area contributed by atoms with E-state index in [1.165, 1.54) is 14.0 Å². The van der Waals surface area contributed by atoms with Crippen LogP contribution in [0.2, 0.25) is 0 Å². The minimum Gasteiger partial charge on any atom is -0.467 e. The Balaban J connectivity index is 2.06. The number of hydrogen-bond donors (Lipinski definition) is 2. The normalized spacial score (nSPS) is 12.8. The molecule has 0 saturated carbocycles. The fourth-order valence-corrected chi connectivity index (χ4v) is 3.01. The molecule has 0 spiro atoms. The molecule has 3 rings (SSSR count). The molecule has 0 aliphatic carbocycles. The van der Waals surface area contributed by atoms with Gasteiger partial charge in [-0.15, -0.1) is 0 Å². The van der Waals surface area contributed by atoms with E-state index in [4.69, 9.17) is 0 Å². The van der Waals surface area contributed by atoms with Gasteiger partial charge < -0.3 is 15.2 Å². The molecular formula is C22H23N3O4. The van der Waals surface area contributed by atoms with E-state index in [-0.39, 0.29) is 5.56 Å². The molecule has 0 aliphatic heterocycles. The van der Waals surface area contributed by atoms with Crippen molar-refractivity contribution in [3.63, 3.8) is 0 Å². The van der Waals surface area contributed by atoms with Crippen LogP contribution in [-0.4, -0.2) is 46.0 Å². The first-order valence-electron chi connectivity index (χ1n) is 9.20. The second-order valence-electron chi connectivity index (χ2n) is 6.70. The molecule has 2 aromatic carbocycles. The SMILES string of the molecule is COC(=O)[C@@H](NC(=O)c1cn(-c2ccccc2)nc1-c1ccccc1C)[C@H](C)O. The molecule has 1 heterocycles. The first kappa shape index (κ1) is 20.3. The third-order valence-corrected chi connectivity index (χ3v) is 4.60. The number of rotatable bonds is 6. The maximum atomic E-state index is 13.0. The van der Waals surface area contributed by atoms with Gasteiger partial charge in [0.1, 0.15) is 5.69 Å². The van der Waals surface area contributed by atoms with Gasteiger partial charge in [0.25, 0.3) is 5.91 Å². The molecule has 0 unspecified atom stereocenters. The van der Waals surface area contributed by atoms with E-state index in [1.54, 1.807) is 10.9 Å². The Morgan fingerprint density at radius 3 is 2.38 bits per heavy atom. The number of aliphatic hydroxyl groups excluding tert-OH is 1. The molecule has 150 valence electrons. The molecule has 7 heteroatoms. The van der Waals surface area contributed by atoms with Crippen LogP contribution in [0.3, 0.4) is 0 Å². The number of aliphatic hydroxyl groups is 1. The van der Waals surface area contributed by atoms with Crippen LogP contribution in [0, 0.1) is 6.92 Å². The highest BCUT2D eigenvalue weighted by Crippen LogP contribution is 2.26. The maximum absolute atomic E-state index is 13.0. The monoisotopic (exact) mass is 393 g/mol. The molecule has 0 saturated heterocycles. The van der Waals surface area contributed by atoms with Crippen LogP contribution < -0.4 is 5.32 Å². The van der Waals surface area contributed by atoms with Crippen molar-refractivity contribution in [2.75, 3.05) is 7.11 Å². The summed E-state index contributed by atoms with van der Waals surface area (Å²) in [5.41, 5.74) is 3.33. The molecule has 0 aliphatic rings. The van der Waals surface area contributed by atoms with Gasteiger partial charge in [0.2, 0.25) is 0 Å². The number of carbonyl (C=O) groups excluding carboxylic acids is 2. The summed E-state index contributed by atoms with van der Waals surface area (Å²) in [6.45, 7) is 3.35. The van der Waals surface area contributed by atoms with Crippen LogP contribution in [-0.2, 0) is 9.53 Å². The summed E-state index contributed by atoms with van der Waals surface area (Å²) >= 11 is 0. The first-order valence-corrected chi connectivity index (χ1v) is 9.20. The van der Waals surface area contributed by atoms with Gasteiger partial charge in [-0.3, -0.25) is 4.79 Å². The quantitative estimate of drug-likeness (QED) is 0.628. The lowest BCUT2D eigenvalue weighted by Gasteiger charge is -2.18. The summed E-state index contributed by atoms with van der Waals surface area (Å²) in [6, 6.07) is 15.8. The number of esters is 1. The van der Waals surface area contributed by atoms with Crippen molar-refractivity contribution in [2.45, 2.75) is 26.0 Å². The Bertz CT molecular complexity index is 1010. The van der Waals surface area contributed by atoms with Gasteiger partial charge >= 0.3 is 5.97 Å². The van der Waals surface area contributed by atoms with E-state index in [9.17, 15) is 14.7 Å². The second kappa shape index (κ2) is 8.70. The van der Waals surface area contributed by atoms with Crippen LogP contribution >= 0.6 is 0 Å². The number of amides is 1. The number of nitrogens with one attached hydrogen (secondary N) is 1. The number of nitrogens with zero attached hydrogens (tertiary/aromatic N) is 2. The molecule has 1 aromatic heterocycles. The van der Waals surface area contributed by atoms with E-state index < -0.39 is 24.0 Å². The summed E-state index contributed by atoms with van der Waals surface area (Å²) in [7, 11) is 1.20. The first-order chi connectivity index (χ1) is 13.9. The maximum Gasteiger partial charge on any atom is 0.331 e. The lowest BCUT2D eigenvalue weighted by molar-refractivity contribution is -0.145. The summed E-state index contributed by atoms with van der Waals surface area (Å²) in [5, 5.41) is 17.1. The van der Waals surface area contributed by atoms with Crippen molar-refractivity contribution < 1.29 is 19.4 Å². The molecule has 0 bridgehead atoms. The lowest BCUT2D eigenvalue weighted by Crippen LogP contribution is -2.48. The minimum absolute atomic E-state index is 0.290. The largest absolute Gasteiger partial charge is 0.467 e. The highest BCUT2D eigenvalue weighted by atomic mass is 16.5. The van der Waals surface area contributed by atoms with Crippen molar-refractivity contribution in [1.29, 1.82) is 0 Å². The van der Waals surface area contributed by atoms with Gasteiger partial charge in [-0.2, -0.15) is 5.10 Å². The van der Waals surface area contributed by atoms with E-state index in [1.807, 2.05) is 61.5 Å². The molecule has 0 radical (unpaired) electrons. The zero-order valence-corrected chi connectivity index (χ0v) is 16.5. The minimum atomic E-state index is -1.18. The molecule has 2 N–H and O–H groups in total. The van der Waals surface area contributed by atoms with Crippen molar-refractivity contribution in [3.8, 4) is 16.9 Å². The van der Waals surface area contributed by atoms with E-state index >= 15 is 0 Å². The van der Waals surface area contributed by atoms with Gasteiger partial charge in [0.15, 0.2) is 6.04 Å². The molecule has 1 amide bonds. The van der Waals surface area contributed by atoms with Crippen LogP contribution in [0.5, 0.6) is 0 Å². The van der Waals surface area contributed by atoms with Crippen LogP contribution in [0.1, 0.15) is 22.8 Å². The average Bonchev–Trinajstić information content (AvgIpc) is 3.17. The third kappa shape index (κ3) is 4.35. The predicted octanol–water partition coefficient (Wildman–Crippen LogP) is 2.50. The number of hydrogen-bond acceptors (Lipinski definition) is 5. The Kier molecular flexibility index (Phi) is 6.09. The molecule has 7 nitrogen and oxygen atoms in total. The number of aryl methyl sites for hydroxylation is 1. The lowest BCUT2D eigenvalue weighted by atomic mass is 10.0. The van der Waals surface area contributed by atoms with E-state index in [2.05, 4.69) is 15.2 Å². The topological polar surface area (TPSA) is 93.5 Å². The number of aromatic nitrogens is 2. The zero-order chi connectivity index (χ0) is 21.0. The van der Waals surface area contributed by atoms with E-state index in [0.717, 1.165) is 16.8 Å². The Hall–Kier alpha value is -3.45. The number of ether oxygens (including phenoxy) is 1. The average molecular weight is 393 g/mol. The molecule has 2 atom stereocenters. The Morgan fingerprint density at radius 2 is 1.76 bits per heavy atom. The highest BCUT2D eigenvalue weighted by Gasteiger charge is 2.29. The van der Waals surface area contributed by atoms with Gasteiger partial charge in [-0.1, -0.05) is 42.5 Å². The molecule has 29 heavy (non-hydrogen) atoms. The van der Waals surface area contributed by atoms with Gasteiger partial charge in [0, 0.05) is 11.8 Å². The molecular weight excluding hydrogens is 370 g/mol. The highest BCUT2D eigenvalue weighted by molar-refractivity contribution is 6.02. The number of benzene rings is 2. The smallest absolute Gasteiger partial charge is 0.331 e. The van der Waals surface area contributed by atoms with E-state index in [0.29, 0.717) is 5.69 Å². The van der Waals surface area contributed by atoms with Crippen molar-refractivity contribution in [1.82, 2.24) is 15.1 Å². The summed E-state index contributed by atoms with van der Waals surface area (Å²) in [6.07, 6.45) is 0.500. The summed E-state index contributed by atoms with van der Waals surface area (Å²) < 4.78 is 6.30. The Labute approximate surface area is 168 Å². The van der Waals surface area contributed by atoms with Gasteiger partial charge in [0.05, 0.1) is 24.5 Å². The van der Waals surface area contributed by atoms with Crippen LogP contribution in [0.25, 0.3) is 16.9 Å². The molecule has 3 aromatic rings. The van der Waals surface area contributed by atoms with Gasteiger partial charge in [-0.05, 0) is 31.5 Å². The Morgan fingerprint density at radius 1 is 1.10 bits per heavy atom. The predicted molar refractivity (Wildman–Crippen MR) is 109 cm³/mol. The van der Waals surface area contributed by atoms with Crippen molar-refractivity contribution in [2.24, 2.45) is 0 Å². The summed E-state index contributed by atoms with van der Waals surface area (Å²) in [5.74, 6) is -1.25. The number of carbonyl (C=O) groups is 2. The fraction of sp³-hybridized carbons (Fsp3) is 0.227. The fourth-order valence-electron chi connectivity index (χ4n) is 3.01. The van der Waals surface area contributed by atoms with Crippen LogP contribution in [0.4, 0.5) is 0 Å². The van der Waals surface area contributed by atoms with Crippen molar-refractivity contribution in [3.05, 3.63) is 71.9 Å². The third-order valence-electron chi connectivity index (χ3n) is 4.60. The summed E-state index contributed by atoms with van der Waals surface area (Å²) in [4.78, 5) is 25.0. The zero-order valence-electron chi connectivity index (χ0n) is 16.5. The van der Waals surface area contributed by atoms with Gasteiger partial charge in [-0.25, -0.2) is 9.48 Å².